The molecule has 0 atom stereocenters. The van der Waals surface area contributed by atoms with E-state index in [1.807, 2.05) is 30.3 Å². The Bertz CT molecular complexity index is 1500. The van der Waals surface area contributed by atoms with E-state index in [0.29, 0.717) is 28.1 Å². The van der Waals surface area contributed by atoms with E-state index < -0.39 is 4.92 Å². The average Bonchev–Trinajstić information content (AvgIpc) is 3.22. The molecule has 0 aliphatic carbocycles. The van der Waals surface area contributed by atoms with E-state index in [4.69, 9.17) is 0 Å². The molecule has 3 heterocycles. The molecule has 0 radical (unpaired) electrons. The Morgan fingerprint density at radius 2 is 1.87 bits per heavy atom. The topological polar surface area (TPSA) is 108 Å². The maximum Gasteiger partial charge on any atom is 0.271 e. The van der Waals surface area contributed by atoms with Crippen LogP contribution in [0.5, 0.6) is 0 Å². The molecule has 5 rings (SSSR count). The summed E-state index contributed by atoms with van der Waals surface area (Å²) in [7, 11) is 0. The van der Waals surface area contributed by atoms with Gasteiger partial charge >= 0.3 is 0 Å². The minimum absolute atomic E-state index is 0.0873. The highest BCUT2D eigenvalue weighted by Gasteiger charge is 2.19. The first-order chi connectivity index (χ1) is 14.5. The van der Waals surface area contributed by atoms with Crippen LogP contribution in [0.2, 0.25) is 0 Å². The zero-order chi connectivity index (χ0) is 20.8. The van der Waals surface area contributed by atoms with Crippen LogP contribution < -0.4 is 5.56 Å². The number of nitrogens with zero attached hydrogens (tertiary/aromatic N) is 6. The van der Waals surface area contributed by atoms with Crippen molar-refractivity contribution in [3.8, 4) is 16.9 Å². The molecule has 3 aromatic heterocycles. The van der Waals surface area contributed by atoms with Gasteiger partial charge in [-0.05, 0) is 18.6 Å². The molecule has 0 amide bonds. The molecule has 0 aliphatic heterocycles. The molecule has 30 heavy (non-hydrogen) atoms. The molecule has 0 bridgehead atoms. The van der Waals surface area contributed by atoms with Crippen molar-refractivity contribution in [2.75, 3.05) is 0 Å². The van der Waals surface area contributed by atoms with Crippen LogP contribution in [0, 0.1) is 17.0 Å². The van der Waals surface area contributed by atoms with Crippen LogP contribution in [-0.4, -0.2) is 29.1 Å². The maximum atomic E-state index is 13.6. The van der Waals surface area contributed by atoms with Crippen LogP contribution in [0.15, 0.2) is 71.9 Å². The van der Waals surface area contributed by atoms with Gasteiger partial charge in [-0.15, -0.1) is 0 Å². The van der Waals surface area contributed by atoms with Crippen molar-refractivity contribution in [1.29, 1.82) is 0 Å². The molecular formula is C21H14N6O3. The van der Waals surface area contributed by atoms with Crippen LogP contribution in [0.1, 0.15) is 5.56 Å². The SMILES string of the molecule is Cc1ccc([N+](=O)[O-])cc1-n1ccc2nc3ncnn3c(-c3ccccc3)c2c1=O. The Kier molecular flexibility index (Phi) is 3.88. The van der Waals surface area contributed by atoms with Crippen molar-refractivity contribution in [2.24, 2.45) is 0 Å². The molecule has 146 valence electrons. The van der Waals surface area contributed by atoms with Crippen LogP contribution in [0.3, 0.4) is 0 Å². The fraction of sp³-hybridized carbons (Fsp3) is 0.0476. The smallest absolute Gasteiger partial charge is 0.271 e. The van der Waals surface area contributed by atoms with Gasteiger partial charge in [-0.1, -0.05) is 36.4 Å². The molecule has 9 heteroatoms. The largest absolute Gasteiger partial charge is 0.283 e. The normalized spacial score (nSPS) is 11.2. The second kappa shape index (κ2) is 6.59. The fourth-order valence-corrected chi connectivity index (χ4v) is 3.55. The highest BCUT2D eigenvalue weighted by atomic mass is 16.6. The zero-order valence-corrected chi connectivity index (χ0v) is 15.8. The zero-order valence-electron chi connectivity index (χ0n) is 15.8. The number of hydrogen-bond donors (Lipinski definition) is 0. The van der Waals surface area contributed by atoms with Crippen LogP contribution >= 0.6 is 0 Å². The Morgan fingerprint density at radius 3 is 2.63 bits per heavy atom. The van der Waals surface area contributed by atoms with Crippen LogP contribution in [0.4, 0.5) is 5.69 Å². The van der Waals surface area contributed by atoms with Gasteiger partial charge in [0.25, 0.3) is 17.0 Å². The molecule has 5 aromatic rings. The van der Waals surface area contributed by atoms with Gasteiger partial charge in [0.2, 0.25) is 0 Å². The van der Waals surface area contributed by atoms with E-state index in [0.717, 1.165) is 11.1 Å². The first-order valence-corrected chi connectivity index (χ1v) is 9.10. The molecule has 0 aliphatic rings. The molecular weight excluding hydrogens is 384 g/mol. The number of rotatable bonds is 3. The summed E-state index contributed by atoms with van der Waals surface area (Å²) in [6.45, 7) is 1.80. The first kappa shape index (κ1) is 17.7. The van der Waals surface area contributed by atoms with E-state index in [2.05, 4.69) is 15.1 Å². The Morgan fingerprint density at radius 1 is 1.07 bits per heavy atom. The van der Waals surface area contributed by atoms with Crippen molar-refractivity contribution >= 4 is 22.4 Å². The number of nitro groups is 1. The lowest BCUT2D eigenvalue weighted by atomic mass is 10.1. The second-order valence-electron chi connectivity index (χ2n) is 6.78. The third-order valence-corrected chi connectivity index (χ3v) is 4.98. The summed E-state index contributed by atoms with van der Waals surface area (Å²) in [5.41, 5.74) is 2.56. The van der Waals surface area contributed by atoms with Gasteiger partial charge in [-0.25, -0.2) is 4.98 Å². The van der Waals surface area contributed by atoms with Gasteiger partial charge in [-0.2, -0.15) is 14.6 Å². The third-order valence-electron chi connectivity index (χ3n) is 4.98. The van der Waals surface area contributed by atoms with E-state index in [-0.39, 0.29) is 11.2 Å². The van der Waals surface area contributed by atoms with Crippen molar-refractivity contribution in [3.63, 3.8) is 0 Å². The highest BCUT2D eigenvalue weighted by Crippen LogP contribution is 2.27. The van der Waals surface area contributed by atoms with E-state index in [9.17, 15) is 14.9 Å². The fourth-order valence-electron chi connectivity index (χ4n) is 3.55. The molecule has 0 saturated carbocycles. The average molecular weight is 398 g/mol. The number of non-ortho nitro benzene ring substituents is 1. The summed E-state index contributed by atoms with van der Waals surface area (Å²) in [5.74, 6) is 0.380. The Hall–Kier alpha value is -4.40. The number of aryl methyl sites for hydroxylation is 1. The summed E-state index contributed by atoms with van der Waals surface area (Å²) in [4.78, 5) is 33.0. The highest BCUT2D eigenvalue weighted by molar-refractivity contribution is 5.93. The van der Waals surface area contributed by atoms with E-state index in [1.165, 1.54) is 27.5 Å². The molecule has 0 N–H and O–H groups in total. The number of benzene rings is 2. The van der Waals surface area contributed by atoms with Crippen LogP contribution in [0.25, 0.3) is 33.6 Å². The monoisotopic (exact) mass is 398 g/mol. The molecule has 0 saturated heterocycles. The lowest BCUT2D eigenvalue weighted by Crippen LogP contribution is -2.20. The Balaban J connectivity index is 1.90. The van der Waals surface area contributed by atoms with E-state index >= 15 is 0 Å². The van der Waals surface area contributed by atoms with Crippen molar-refractivity contribution in [3.05, 3.63) is 93.2 Å². The quantitative estimate of drug-likeness (QED) is 0.341. The number of hydrogen-bond acceptors (Lipinski definition) is 6. The third kappa shape index (κ3) is 2.64. The summed E-state index contributed by atoms with van der Waals surface area (Å²) in [6.07, 6.45) is 2.96. The lowest BCUT2D eigenvalue weighted by molar-refractivity contribution is -0.384. The molecule has 0 spiro atoms. The minimum atomic E-state index is -0.481. The first-order valence-electron chi connectivity index (χ1n) is 9.10. The summed E-state index contributed by atoms with van der Waals surface area (Å²) in [6, 6.07) is 15.5. The van der Waals surface area contributed by atoms with Crippen molar-refractivity contribution < 1.29 is 4.92 Å². The van der Waals surface area contributed by atoms with Gasteiger partial charge in [0.15, 0.2) is 0 Å². The van der Waals surface area contributed by atoms with Crippen LogP contribution in [-0.2, 0) is 0 Å². The standard InChI is InChI=1S/C21H14N6O3/c1-13-7-8-15(27(29)30)11-17(13)25-10-9-16-18(20(25)28)19(14-5-3-2-4-6-14)26-21(24-16)22-12-23-26/h2-12H,1H3. The lowest BCUT2D eigenvalue weighted by Gasteiger charge is -2.13. The van der Waals surface area contributed by atoms with Gasteiger partial charge in [-0.3, -0.25) is 19.5 Å². The second-order valence-corrected chi connectivity index (χ2v) is 6.78. The van der Waals surface area contributed by atoms with Gasteiger partial charge in [0.05, 0.1) is 27.2 Å². The minimum Gasteiger partial charge on any atom is -0.283 e. The summed E-state index contributed by atoms with van der Waals surface area (Å²) < 4.78 is 2.94. The number of pyridine rings is 1. The molecule has 0 fully saturated rings. The summed E-state index contributed by atoms with van der Waals surface area (Å²) in [5, 5.41) is 15.8. The molecule has 9 nitrogen and oxygen atoms in total. The molecule has 2 aromatic carbocycles. The van der Waals surface area contributed by atoms with E-state index in [1.54, 1.807) is 25.3 Å². The van der Waals surface area contributed by atoms with Gasteiger partial charge in [0.1, 0.15) is 6.33 Å². The predicted octanol–water partition coefficient (Wildman–Crippen LogP) is 3.31. The van der Waals surface area contributed by atoms with Gasteiger partial charge < -0.3 is 0 Å². The predicted molar refractivity (Wildman–Crippen MR) is 111 cm³/mol. The van der Waals surface area contributed by atoms with Gasteiger partial charge in [0, 0.05) is 23.9 Å². The Labute approximate surface area is 169 Å². The number of fused-ring (bicyclic) bond motifs is 2. The number of nitro benzene ring substituents is 1. The summed E-state index contributed by atoms with van der Waals surface area (Å²) >= 11 is 0. The number of aromatic nitrogens is 5. The van der Waals surface area contributed by atoms with Crippen molar-refractivity contribution in [2.45, 2.75) is 6.92 Å². The van der Waals surface area contributed by atoms with Crippen molar-refractivity contribution in [1.82, 2.24) is 24.1 Å². The maximum absolute atomic E-state index is 13.6. The molecule has 0 unspecified atom stereocenters.